The van der Waals surface area contributed by atoms with E-state index in [1.54, 1.807) is 12.4 Å². The second-order valence-corrected chi connectivity index (χ2v) is 4.98. The van der Waals surface area contributed by atoms with E-state index in [0.717, 1.165) is 29.0 Å². The van der Waals surface area contributed by atoms with Crippen LogP contribution in [0.25, 0.3) is 11.0 Å². The molecule has 1 aromatic carbocycles. The first-order chi connectivity index (χ1) is 10.3. The van der Waals surface area contributed by atoms with Gasteiger partial charge in [-0.05, 0) is 36.5 Å². The van der Waals surface area contributed by atoms with Crippen LogP contribution >= 0.6 is 12.2 Å². The maximum absolute atomic E-state index is 5.24. The third-order valence-electron chi connectivity index (χ3n) is 3.01. The predicted octanol–water partition coefficient (Wildman–Crippen LogP) is 2.49. The number of anilines is 1. The Kier molecular flexibility index (Phi) is 4.07. The molecule has 0 radical (unpaired) electrons. The Bertz CT molecular complexity index is 705. The van der Waals surface area contributed by atoms with Crippen LogP contribution in [0.2, 0.25) is 0 Å². The van der Waals surface area contributed by atoms with Crippen molar-refractivity contribution >= 4 is 34.1 Å². The number of hydrogen-bond donors (Lipinski definition) is 3. The summed E-state index contributed by atoms with van der Waals surface area (Å²) in [5.41, 5.74) is 2.92. The standard InChI is InChI=1S/C15H15N5S/c21-15(18-11-4-3-8-16-10-11)17-9-7-14-19-12-5-1-2-6-13(12)20-14/h1-6,8,10H,7,9H2,(H,19,20)(H2,17,18,21). The third kappa shape index (κ3) is 3.55. The molecule has 0 aliphatic carbocycles. The summed E-state index contributed by atoms with van der Waals surface area (Å²) in [6, 6.07) is 11.8. The zero-order chi connectivity index (χ0) is 14.5. The second kappa shape index (κ2) is 6.32. The molecule has 6 heteroatoms. The lowest BCUT2D eigenvalue weighted by Gasteiger charge is -2.09. The number of benzene rings is 1. The van der Waals surface area contributed by atoms with Crippen LogP contribution in [0.4, 0.5) is 5.69 Å². The monoisotopic (exact) mass is 297 g/mol. The molecule has 0 spiro atoms. The first-order valence-corrected chi connectivity index (χ1v) is 7.10. The molecule has 21 heavy (non-hydrogen) atoms. The number of thiocarbonyl (C=S) groups is 1. The summed E-state index contributed by atoms with van der Waals surface area (Å²) in [7, 11) is 0. The van der Waals surface area contributed by atoms with E-state index in [2.05, 4.69) is 25.6 Å². The van der Waals surface area contributed by atoms with Gasteiger partial charge in [-0.25, -0.2) is 4.98 Å². The maximum atomic E-state index is 5.24. The van der Waals surface area contributed by atoms with E-state index in [0.29, 0.717) is 11.7 Å². The molecule has 0 atom stereocenters. The van der Waals surface area contributed by atoms with E-state index < -0.39 is 0 Å². The zero-order valence-electron chi connectivity index (χ0n) is 11.3. The molecule has 0 aliphatic heterocycles. The van der Waals surface area contributed by atoms with Crippen molar-refractivity contribution in [2.45, 2.75) is 6.42 Å². The maximum Gasteiger partial charge on any atom is 0.170 e. The first kappa shape index (κ1) is 13.5. The van der Waals surface area contributed by atoms with Crippen molar-refractivity contribution < 1.29 is 0 Å². The SMILES string of the molecule is S=C(NCCc1nc2ccccc2[nH]1)Nc1cccnc1. The summed E-state index contributed by atoms with van der Waals surface area (Å²) >= 11 is 5.24. The predicted molar refractivity (Wildman–Crippen MR) is 88.3 cm³/mol. The normalized spacial score (nSPS) is 10.5. The van der Waals surface area contributed by atoms with Crippen LogP contribution in [-0.2, 0) is 6.42 Å². The minimum Gasteiger partial charge on any atom is -0.362 e. The van der Waals surface area contributed by atoms with Gasteiger partial charge in [0.1, 0.15) is 5.82 Å². The van der Waals surface area contributed by atoms with Crippen molar-refractivity contribution in [2.24, 2.45) is 0 Å². The fourth-order valence-electron chi connectivity index (χ4n) is 2.03. The second-order valence-electron chi connectivity index (χ2n) is 4.57. The van der Waals surface area contributed by atoms with Gasteiger partial charge in [-0.15, -0.1) is 0 Å². The number of aromatic nitrogens is 3. The van der Waals surface area contributed by atoms with Crippen molar-refractivity contribution in [1.82, 2.24) is 20.3 Å². The van der Waals surface area contributed by atoms with Crippen LogP contribution in [0.5, 0.6) is 0 Å². The highest BCUT2D eigenvalue weighted by Crippen LogP contribution is 2.10. The molecule has 106 valence electrons. The number of nitrogens with one attached hydrogen (secondary N) is 3. The fourth-order valence-corrected chi connectivity index (χ4v) is 2.25. The molecular weight excluding hydrogens is 282 g/mol. The number of pyridine rings is 1. The van der Waals surface area contributed by atoms with Crippen molar-refractivity contribution in [1.29, 1.82) is 0 Å². The van der Waals surface area contributed by atoms with Gasteiger partial charge in [-0.1, -0.05) is 12.1 Å². The van der Waals surface area contributed by atoms with Crippen LogP contribution < -0.4 is 10.6 Å². The van der Waals surface area contributed by atoms with Crippen LogP contribution in [0.15, 0.2) is 48.8 Å². The topological polar surface area (TPSA) is 65.6 Å². The summed E-state index contributed by atoms with van der Waals surface area (Å²) in [6.07, 6.45) is 4.24. The van der Waals surface area contributed by atoms with Gasteiger partial charge in [0.05, 0.1) is 22.9 Å². The Morgan fingerprint density at radius 2 is 2.10 bits per heavy atom. The molecule has 5 nitrogen and oxygen atoms in total. The van der Waals surface area contributed by atoms with E-state index in [1.807, 2.05) is 36.4 Å². The fraction of sp³-hybridized carbons (Fsp3) is 0.133. The summed E-state index contributed by atoms with van der Waals surface area (Å²) in [6.45, 7) is 0.714. The number of hydrogen-bond acceptors (Lipinski definition) is 3. The average Bonchev–Trinajstić information content (AvgIpc) is 2.91. The quantitative estimate of drug-likeness (QED) is 0.646. The number of H-pyrrole nitrogens is 1. The van der Waals surface area contributed by atoms with Crippen LogP contribution in [0.3, 0.4) is 0 Å². The van der Waals surface area contributed by atoms with Gasteiger partial charge >= 0.3 is 0 Å². The number of aromatic amines is 1. The van der Waals surface area contributed by atoms with E-state index in [1.165, 1.54) is 0 Å². The van der Waals surface area contributed by atoms with E-state index in [-0.39, 0.29) is 0 Å². The Balaban J connectivity index is 1.50. The first-order valence-electron chi connectivity index (χ1n) is 6.70. The lowest BCUT2D eigenvalue weighted by molar-refractivity contribution is 0.832. The minimum atomic E-state index is 0.583. The summed E-state index contributed by atoms with van der Waals surface area (Å²) < 4.78 is 0. The molecule has 0 aliphatic rings. The Labute approximate surface area is 127 Å². The molecule has 0 amide bonds. The molecule has 2 aromatic heterocycles. The number of nitrogens with zero attached hydrogens (tertiary/aromatic N) is 2. The smallest absolute Gasteiger partial charge is 0.170 e. The largest absolute Gasteiger partial charge is 0.362 e. The summed E-state index contributed by atoms with van der Waals surface area (Å²) in [4.78, 5) is 11.8. The van der Waals surface area contributed by atoms with Gasteiger partial charge in [0.25, 0.3) is 0 Å². The molecule has 3 N–H and O–H groups in total. The van der Waals surface area contributed by atoms with Gasteiger partial charge in [-0.3, -0.25) is 4.98 Å². The molecule has 2 heterocycles. The lowest BCUT2D eigenvalue weighted by Crippen LogP contribution is -2.30. The molecule has 0 fully saturated rings. The summed E-state index contributed by atoms with van der Waals surface area (Å²) in [5, 5.41) is 6.82. The van der Waals surface area contributed by atoms with Crippen LogP contribution in [0, 0.1) is 0 Å². The Morgan fingerprint density at radius 1 is 1.19 bits per heavy atom. The molecule has 0 unspecified atom stereocenters. The van der Waals surface area contributed by atoms with Crippen molar-refractivity contribution in [3.63, 3.8) is 0 Å². The van der Waals surface area contributed by atoms with Crippen LogP contribution in [0.1, 0.15) is 5.82 Å². The van der Waals surface area contributed by atoms with Crippen molar-refractivity contribution in [3.05, 3.63) is 54.6 Å². The number of para-hydroxylation sites is 2. The Hall–Kier alpha value is -2.47. The minimum absolute atomic E-state index is 0.583. The zero-order valence-corrected chi connectivity index (χ0v) is 12.2. The molecular formula is C15H15N5S. The van der Waals surface area contributed by atoms with Gasteiger partial charge < -0.3 is 15.6 Å². The lowest BCUT2D eigenvalue weighted by atomic mass is 10.3. The van der Waals surface area contributed by atoms with Gasteiger partial charge in [0, 0.05) is 19.2 Å². The highest BCUT2D eigenvalue weighted by atomic mass is 32.1. The average molecular weight is 297 g/mol. The van der Waals surface area contributed by atoms with E-state index >= 15 is 0 Å². The summed E-state index contributed by atoms with van der Waals surface area (Å²) in [5.74, 6) is 0.952. The molecule has 0 bridgehead atoms. The van der Waals surface area contributed by atoms with Gasteiger partial charge in [-0.2, -0.15) is 0 Å². The molecule has 0 saturated carbocycles. The van der Waals surface area contributed by atoms with Crippen LogP contribution in [-0.4, -0.2) is 26.6 Å². The van der Waals surface area contributed by atoms with E-state index in [4.69, 9.17) is 12.2 Å². The number of rotatable bonds is 4. The van der Waals surface area contributed by atoms with Gasteiger partial charge in [0.2, 0.25) is 0 Å². The highest BCUT2D eigenvalue weighted by Gasteiger charge is 2.02. The molecule has 0 saturated heterocycles. The highest BCUT2D eigenvalue weighted by molar-refractivity contribution is 7.80. The van der Waals surface area contributed by atoms with Gasteiger partial charge in [0.15, 0.2) is 5.11 Å². The number of imidazole rings is 1. The van der Waals surface area contributed by atoms with Crippen molar-refractivity contribution in [2.75, 3.05) is 11.9 Å². The Morgan fingerprint density at radius 3 is 2.90 bits per heavy atom. The van der Waals surface area contributed by atoms with Crippen molar-refractivity contribution in [3.8, 4) is 0 Å². The number of fused-ring (bicyclic) bond motifs is 1. The molecule has 3 aromatic rings. The van der Waals surface area contributed by atoms with E-state index in [9.17, 15) is 0 Å². The third-order valence-corrected chi connectivity index (χ3v) is 3.25. The molecule has 3 rings (SSSR count).